The molecule has 0 saturated carbocycles. The van der Waals surface area contributed by atoms with E-state index in [1.54, 1.807) is 23.1 Å². The van der Waals surface area contributed by atoms with Crippen LogP contribution in [0.4, 0.5) is 11.6 Å². The maximum Gasteiger partial charge on any atom is 0.247 e. The maximum absolute atomic E-state index is 13.5. The molecule has 10 nitrogen and oxygen atoms in total. The number of pyridine rings is 1. The number of aryl methyl sites for hydroxylation is 1. The normalized spacial score (nSPS) is 15.9. The van der Waals surface area contributed by atoms with Crippen LogP contribution >= 0.6 is 0 Å². The molecule has 1 aliphatic rings. The Labute approximate surface area is 222 Å². The van der Waals surface area contributed by atoms with E-state index in [0.29, 0.717) is 43.4 Å². The average molecular weight is 516 g/mol. The summed E-state index contributed by atoms with van der Waals surface area (Å²) in [5.41, 5.74) is 9.07. The Balaban J connectivity index is 1.48. The molecule has 3 N–H and O–H groups in total. The third kappa shape index (κ3) is 6.13. The molecule has 3 aromatic rings. The number of nitrogens with zero attached hydrogens (tertiary/aromatic N) is 5. The number of fused-ring (bicyclic) bond motifs is 1. The largest absolute Gasteiger partial charge is 0.383 e. The van der Waals surface area contributed by atoms with E-state index in [9.17, 15) is 14.4 Å². The Morgan fingerprint density at radius 2 is 2.00 bits per heavy atom. The van der Waals surface area contributed by atoms with Gasteiger partial charge >= 0.3 is 0 Å². The molecule has 0 radical (unpaired) electrons. The van der Waals surface area contributed by atoms with Crippen molar-refractivity contribution >= 4 is 46.3 Å². The summed E-state index contributed by atoms with van der Waals surface area (Å²) in [6.45, 7) is 6.63. The number of hydrogen-bond donors (Lipinski definition) is 2. The molecule has 198 valence electrons. The summed E-state index contributed by atoms with van der Waals surface area (Å²) in [7, 11) is 0. The van der Waals surface area contributed by atoms with Crippen LogP contribution in [0.2, 0.25) is 0 Å². The molecule has 10 heteroatoms. The fourth-order valence-corrected chi connectivity index (χ4v) is 4.63. The van der Waals surface area contributed by atoms with Gasteiger partial charge in [-0.05, 0) is 54.8 Å². The lowest BCUT2D eigenvalue weighted by molar-refractivity contribution is -0.150. The highest BCUT2D eigenvalue weighted by molar-refractivity contribution is 5.96. The highest BCUT2D eigenvalue weighted by atomic mass is 16.2. The van der Waals surface area contributed by atoms with Crippen molar-refractivity contribution in [3.63, 3.8) is 0 Å². The van der Waals surface area contributed by atoms with E-state index < -0.39 is 6.04 Å². The van der Waals surface area contributed by atoms with Gasteiger partial charge in [-0.3, -0.25) is 14.4 Å². The number of rotatable bonds is 8. The molecule has 0 aliphatic carbocycles. The zero-order valence-electron chi connectivity index (χ0n) is 22.0. The van der Waals surface area contributed by atoms with Crippen molar-refractivity contribution < 1.29 is 14.4 Å². The smallest absolute Gasteiger partial charge is 0.247 e. The molecule has 38 heavy (non-hydrogen) atoms. The molecule has 2 aromatic heterocycles. The molecule has 4 rings (SSSR count). The van der Waals surface area contributed by atoms with E-state index in [1.807, 2.05) is 30.0 Å². The number of carbonyl (C=O) groups is 3. The van der Waals surface area contributed by atoms with Crippen molar-refractivity contribution in [2.24, 2.45) is 0 Å². The van der Waals surface area contributed by atoms with Crippen LogP contribution in [0.1, 0.15) is 49.9 Å². The van der Waals surface area contributed by atoms with Crippen molar-refractivity contribution in [1.82, 2.24) is 24.8 Å². The summed E-state index contributed by atoms with van der Waals surface area (Å²) >= 11 is 0. The zero-order chi connectivity index (χ0) is 27.2. The second-order valence-corrected chi connectivity index (χ2v) is 9.45. The first kappa shape index (κ1) is 26.7. The number of carbonyl (C=O) groups excluding carboxylic acids is 3. The third-order valence-electron chi connectivity index (χ3n) is 6.64. The third-order valence-corrected chi connectivity index (χ3v) is 6.64. The standard InChI is InChI=1S/C28H33N7O3/c1-4-5-6-24-28(38)34(16-20-7-10-22-23(15-20)30-17-31-27(22)29)13-14-35(24)26(37)12-9-21-8-11-25(32-18(21)2)33-19(3)36/h7-12,15,17,24H,4-6,13-14,16H2,1-3H3,(H2,29,30,31)(H,32,33,36)/b12-9+. The van der Waals surface area contributed by atoms with Crippen molar-refractivity contribution in [2.75, 3.05) is 24.1 Å². The van der Waals surface area contributed by atoms with E-state index in [2.05, 4.69) is 27.2 Å². The minimum atomic E-state index is -0.513. The van der Waals surface area contributed by atoms with Crippen molar-refractivity contribution in [1.29, 1.82) is 0 Å². The van der Waals surface area contributed by atoms with Gasteiger partial charge in [-0.1, -0.05) is 25.8 Å². The van der Waals surface area contributed by atoms with Crippen molar-refractivity contribution in [2.45, 2.75) is 52.6 Å². The van der Waals surface area contributed by atoms with Gasteiger partial charge in [0.2, 0.25) is 17.7 Å². The molecule has 1 atom stereocenters. The second-order valence-electron chi connectivity index (χ2n) is 9.45. The Kier molecular flexibility index (Phi) is 8.30. The van der Waals surface area contributed by atoms with Gasteiger partial charge in [-0.2, -0.15) is 0 Å². The topological polar surface area (TPSA) is 134 Å². The predicted molar refractivity (Wildman–Crippen MR) is 147 cm³/mol. The van der Waals surface area contributed by atoms with Crippen LogP contribution in [-0.2, 0) is 20.9 Å². The highest BCUT2D eigenvalue weighted by Crippen LogP contribution is 2.23. The van der Waals surface area contributed by atoms with E-state index in [1.165, 1.54) is 19.3 Å². The number of nitrogen functional groups attached to an aromatic ring is 1. The van der Waals surface area contributed by atoms with Gasteiger partial charge in [-0.15, -0.1) is 0 Å². The van der Waals surface area contributed by atoms with Crippen LogP contribution < -0.4 is 11.1 Å². The van der Waals surface area contributed by atoms with Crippen LogP contribution in [0, 0.1) is 6.92 Å². The Bertz CT molecular complexity index is 1390. The number of nitrogens with two attached hydrogens (primary N) is 1. The molecule has 1 unspecified atom stereocenters. The van der Waals surface area contributed by atoms with Gasteiger partial charge in [0.15, 0.2) is 0 Å². The van der Waals surface area contributed by atoms with Gasteiger partial charge < -0.3 is 20.9 Å². The summed E-state index contributed by atoms with van der Waals surface area (Å²) < 4.78 is 0. The number of unbranched alkanes of at least 4 members (excludes halogenated alkanes) is 1. The first-order chi connectivity index (χ1) is 18.3. The summed E-state index contributed by atoms with van der Waals surface area (Å²) in [5.74, 6) is 0.430. The molecular weight excluding hydrogens is 482 g/mol. The fourth-order valence-electron chi connectivity index (χ4n) is 4.63. The van der Waals surface area contributed by atoms with Crippen LogP contribution in [0.3, 0.4) is 0 Å². The second kappa shape index (κ2) is 11.8. The Morgan fingerprint density at radius 3 is 2.74 bits per heavy atom. The molecule has 1 aromatic carbocycles. The van der Waals surface area contributed by atoms with Crippen LogP contribution in [0.25, 0.3) is 17.0 Å². The van der Waals surface area contributed by atoms with E-state index in [4.69, 9.17) is 5.73 Å². The minimum Gasteiger partial charge on any atom is -0.383 e. The molecule has 1 aliphatic heterocycles. The van der Waals surface area contributed by atoms with Crippen LogP contribution in [0.15, 0.2) is 42.7 Å². The Morgan fingerprint density at radius 1 is 1.18 bits per heavy atom. The quantitative estimate of drug-likeness (QED) is 0.440. The molecule has 3 heterocycles. The predicted octanol–water partition coefficient (Wildman–Crippen LogP) is 3.32. The summed E-state index contributed by atoms with van der Waals surface area (Å²) in [6.07, 6.45) is 7.02. The minimum absolute atomic E-state index is 0.0498. The Hall–Kier alpha value is -4.34. The highest BCUT2D eigenvalue weighted by Gasteiger charge is 2.36. The zero-order valence-corrected chi connectivity index (χ0v) is 22.0. The number of amides is 3. The van der Waals surface area contributed by atoms with Gasteiger partial charge in [0.05, 0.1) is 5.52 Å². The summed E-state index contributed by atoms with van der Waals surface area (Å²) in [6, 6.07) is 8.72. The monoisotopic (exact) mass is 515 g/mol. The van der Waals surface area contributed by atoms with Crippen LogP contribution in [0.5, 0.6) is 0 Å². The summed E-state index contributed by atoms with van der Waals surface area (Å²) in [4.78, 5) is 54.2. The molecule has 0 bridgehead atoms. The van der Waals surface area contributed by atoms with Gasteiger partial charge in [-0.25, -0.2) is 15.0 Å². The molecule has 1 fully saturated rings. The number of benzene rings is 1. The molecule has 1 saturated heterocycles. The van der Waals surface area contributed by atoms with Gasteiger partial charge in [0.1, 0.15) is 24.0 Å². The SMILES string of the molecule is CCCCC1C(=O)N(Cc2ccc3c(N)ncnc3c2)CCN1C(=O)/C=C/c1ccc(NC(C)=O)nc1C. The molecular formula is C28H33N7O3. The van der Waals surface area contributed by atoms with Crippen molar-refractivity contribution in [3.8, 4) is 0 Å². The molecule has 0 spiro atoms. The number of hydrogen-bond acceptors (Lipinski definition) is 7. The lowest BCUT2D eigenvalue weighted by atomic mass is 10.0. The maximum atomic E-state index is 13.5. The van der Waals surface area contributed by atoms with E-state index >= 15 is 0 Å². The first-order valence-corrected chi connectivity index (χ1v) is 12.8. The lowest BCUT2D eigenvalue weighted by Gasteiger charge is -2.40. The fraction of sp³-hybridized carbons (Fsp3) is 0.357. The van der Waals surface area contributed by atoms with Crippen LogP contribution in [-0.4, -0.2) is 61.6 Å². The van der Waals surface area contributed by atoms with Gasteiger partial charge in [0.25, 0.3) is 0 Å². The van der Waals surface area contributed by atoms with E-state index in [0.717, 1.165) is 34.9 Å². The van der Waals surface area contributed by atoms with Gasteiger partial charge in [0, 0.05) is 43.7 Å². The van der Waals surface area contributed by atoms with E-state index in [-0.39, 0.29) is 17.7 Å². The first-order valence-electron chi connectivity index (χ1n) is 12.8. The van der Waals surface area contributed by atoms with Crippen molar-refractivity contribution in [3.05, 3.63) is 59.6 Å². The number of nitrogens with one attached hydrogen (secondary N) is 1. The average Bonchev–Trinajstić information content (AvgIpc) is 2.88. The summed E-state index contributed by atoms with van der Waals surface area (Å²) in [5, 5.41) is 3.43. The lowest BCUT2D eigenvalue weighted by Crippen LogP contribution is -2.58. The number of anilines is 2. The number of piperazine rings is 1. The molecule has 3 amide bonds. The number of aromatic nitrogens is 3.